The van der Waals surface area contributed by atoms with E-state index in [4.69, 9.17) is 0 Å². The Kier molecular flexibility index (Phi) is 7.28. The number of nitrogens with one attached hydrogen (secondary N) is 1. The zero-order chi connectivity index (χ0) is 29.5. The normalized spacial score (nSPS) is 17.7. The van der Waals surface area contributed by atoms with Crippen molar-refractivity contribution in [3.63, 3.8) is 0 Å². The number of aliphatic hydroxyl groups excluding tert-OH is 1. The molecule has 43 heavy (non-hydrogen) atoms. The molecule has 7 rings (SSSR count). The van der Waals surface area contributed by atoms with Crippen molar-refractivity contribution in [3.05, 3.63) is 94.5 Å². The summed E-state index contributed by atoms with van der Waals surface area (Å²) in [5.74, 6) is 0.912. The van der Waals surface area contributed by atoms with Crippen molar-refractivity contribution >= 4 is 46.1 Å². The van der Waals surface area contributed by atoms with Crippen LogP contribution in [0.1, 0.15) is 61.6 Å². The number of Topliss-reactive ketones (excluding diaryl/α,β-unsaturated/α-hetero) is 1. The molecule has 0 unspecified atom stereocenters. The number of thiophene rings is 1. The molecular formula is C34H32N4O4S. The number of ketones is 1. The Hall–Kier alpha value is -4.34. The SMILES string of the molecule is O=C(CC1CC1)c1cc2c(s1)-c1ccccc1N(C(=O)c1ccc(NC(=O)c3cccnc3N3CC[C@@H](O)C3)cc1)CC2. The maximum Gasteiger partial charge on any atom is 0.259 e. The first-order valence-corrected chi connectivity index (χ1v) is 15.6. The molecule has 2 aliphatic heterocycles. The van der Waals surface area contributed by atoms with E-state index in [2.05, 4.69) is 10.3 Å². The molecule has 0 bridgehead atoms. The van der Waals surface area contributed by atoms with Gasteiger partial charge in [-0.05, 0) is 85.7 Å². The van der Waals surface area contributed by atoms with Crippen molar-refractivity contribution in [1.29, 1.82) is 0 Å². The number of anilines is 3. The lowest BCUT2D eigenvalue weighted by Gasteiger charge is -2.23. The molecular weight excluding hydrogens is 560 g/mol. The highest BCUT2D eigenvalue weighted by atomic mass is 32.1. The molecule has 2 aromatic carbocycles. The molecule has 2 aromatic heterocycles. The van der Waals surface area contributed by atoms with E-state index in [1.54, 1.807) is 53.9 Å². The van der Waals surface area contributed by atoms with Crippen LogP contribution in [0.4, 0.5) is 17.2 Å². The van der Waals surface area contributed by atoms with Crippen molar-refractivity contribution in [2.45, 2.75) is 38.2 Å². The summed E-state index contributed by atoms with van der Waals surface area (Å²) in [5, 5.41) is 12.9. The van der Waals surface area contributed by atoms with Crippen LogP contribution in [0.3, 0.4) is 0 Å². The third-order valence-electron chi connectivity index (χ3n) is 8.43. The number of nitrogens with zero attached hydrogens (tertiary/aromatic N) is 3. The predicted molar refractivity (Wildman–Crippen MR) is 168 cm³/mol. The monoisotopic (exact) mass is 592 g/mol. The van der Waals surface area contributed by atoms with Gasteiger partial charge >= 0.3 is 0 Å². The number of benzene rings is 2. The van der Waals surface area contributed by atoms with Crippen LogP contribution in [-0.2, 0) is 6.42 Å². The summed E-state index contributed by atoms with van der Waals surface area (Å²) in [6.45, 7) is 1.59. The lowest BCUT2D eigenvalue weighted by atomic mass is 10.1. The largest absolute Gasteiger partial charge is 0.391 e. The van der Waals surface area contributed by atoms with Crippen molar-refractivity contribution in [1.82, 2.24) is 4.98 Å². The standard InChI is InChI=1S/C34H32N4O4S/c39-25-14-16-37(20-25)32-27(5-3-15-35-32)33(41)36-24-11-9-22(10-12-24)34(42)38-17-13-23-19-30(29(40)18-21-7-8-21)43-31(23)26-4-1-2-6-28(26)38/h1-6,9-12,15,19,21,25,39H,7-8,13-14,16-18,20H2,(H,36,41)/t25-/m1/s1. The van der Waals surface area contributed by atoms with Crippen LogP contribution in [0.5, 0.6) is 0 Å². The molecule has 4 aromatic rings. The van der Waals surface area contributed by atoms with E-state index in [0.29, 0.717) is 67.4 Å². The number of hydrogen-bond donors (Lipinski definition) is 2. The number of rotatable bonds is 7. The first kappa shape index (κ1) is 27.5. The molecule has 8 nitrogen and oxygen atoms in total. The maximum absolute atomic E-state index is 13.8. The lowest BCUT2D eigenvalue weighted by molar-refractivity contribution is 0.0974. The molecule has 1 atom stereocenters. The average molecular weight is 593 g/mol. The number of carbonyl (C=O) groups excluding carboxylic acids is 3. The number of fused-ring (bicyclic) bond motifs is 3. The fourth-order valence-electron chi connectivity index (χ4n) is 5.94. The van der Waals surface area contributed by atoms with Gasteiger partial charge in [0.25, 0.3) is 11.8 Å². The highest BCUT2D eigenvalue weighted by molar-refractivity contribution is 7.17. The number of pyridine rings is 1. The Balaban J connectivity index is 1.08. The van der Waals surface area contributed by atoms with Crippen molar-refractivity contribution in [2.75, 3.05) is 34.8 Å². The van der Waals surface area contributed by atoms with Gasteiger partial charge in [0.2, 0.25) is 0 Å². The maximum atomic E-state index is 13.8. The highest BCUT2D eigenvalue weighted by Crippen LogP contribution is 2.43. The Labute approximate surface area is 254 Å². The van der Waals surface area contributed by atoms with Crippen molar-refractivity contribution in [2.24, 2.45) is 5.92 Å². The van der Waals surface area contributed by atoms with Crippen LogP contribution in [0.2, 0.25) is 0 Å². The summed E-state index contributed by atoms with van der Waals surface area (Å²) in [6.07, 6.45) is 5.46. The van der Waals surface area contributed by atoms with Gasteiger partial charge in [-0.15, -0.1) is 11.3 Å². The van der Waals surface area contributed by atoms with Crippen LogP contribution >= 0.6 is 11.3 Å². The zero-order valence-corrected chi connectivity index (χ0v) is 24.5. The van der Waals surface area contributed by atoms with Gasteiger partial charge in [0.15, 0.2) is 5.78 Å². The van der Waals surface area contributed by atoms with Gasteiger partial charge in [-0.3, -0.25) is 14.4 Å². The summed E-state index contributed by atoms with van der Waals surface area (Å²) in [7, 11) is 0. The second-order valence-corrected chi connectivity index (χ2v) is 12.6. The van der Waals surface area contributed by atoms with E-state index in [-0.39, 0.29) is 17.6 Å². The summed E-state index contributed by atoms with van der Waals surface area (Å²) in [6, 6.07) is 20.3. The van der Waals surface area contributed by atoms with E-state index < -0.39 is 6.10 Å². The Bertz CT molecular complexity index is 1710. The van der Waals surface area contributed by atoms with E-state index in [0.717, 1.165) is 39.4 Å². The number of aromatic nitrogens is 1. The van der Waals surface area contributed by atoms with E-state index in [1.807, 2.05) is 40.1 Å². The quantitative estimate of drug-likeness (QED) is 0.262. The van der Waals surface area contributed by atoms with E-state index in [9.17, 15) is 19.5 Å². The molecule has 1 aliphatic carbocycles. The molecule has 3 aliphatic rings. The molecule has 0 radical (unpaired) electrons. The smallest absolute Gasteiger partial charge is 0.259 e. The van der Waals surface area contributed by atoms with Gasteiger partial charge in [-0.25, -0.2) is 4.98 Å². The van der Waals surface area contributed by atoms with Crippen molar-refractivity contribution in [3.8, 4) is 10.4 Å². The van der Waals surface area contributed by atoms with E-state index >= 15 is 0 Å². The number of aliphatic hydroxyl groups is 1. The molecule has 218 valence electrons. The van der Waals surface area contributed by atoms with E-state index in [1.165, 1.54) is 0 Å². The second kappa shape index (κ2) is 11.4. The summed E-state index contributed by atoms with van der Waals surface area (Å²) in [5.41, 5.74) is 4.44. The average Bonchev–Trinajstić information content (AvgIpc) is 3.61. The van der Waals surface area contributed by atoms with Crippen LogP contribution in [0.15, 0.2) is 72.9 Å². The lowest BCUT2D eigenvalue weighted by Crippen LogP contribution is -2.32. The Morgan fingerprint density at radius 3 is 2.56 bits per heavy atom. The Morgan fingerprint density at radius 2 is 1.79 bits per heavy atom. The molecule has 2 N–H and O–H groups in total. The van der Waals surface area contributed by atoms with Crippen LogP contribution in [-0.4, -0.2) is 53.4 Å². The third kappa shape index (κ3) is 5.58. The Morgan fingerprint density at radius 1 is 0.977 bits per heavy atom. The van der Waals surface area contributed by atoms with Gasteiger partial charge in [-0.1, -0.05) is 18.2 Å². The molecule has 0 spiro atoms. The fraction of sp³-hybridized carbons (Fsp3) is 0.294. The topological polar surface area (TPSA) is 103 Å². The van der Waals surface area contributed by atoms with Gasteiger partial charge < -0.3 is 20.2 Å². The van der Waals surface area contributed by atoms with Crippen LogP contribution in [0, 0.1) is 5.92 Å². The zero-order valence-electron chi connectivity index (χ0n) is 23.7. The van der Waals surface area contributed by atoms with Gasteiger partial charge in [0.05, 0.1) is 22.2 Å². The molecule has 4 heterocycles. The number of carbonyl (C=O) groups is 3. The van der Waals surface area contributed by atoms with Crippen LogP contribution in [0.25, 0.3) is 10.4 Å². The van der Waals surface area contributed by atoms with Gasteiger partial charge in [-0.2, -0.15) is 0 Å². The second-order valence-electron chi connectivity index (χ2n) is 11.6. The first-order chi connectivity index (χ1) is 20.9. The first-order valence-electron chi connectivity index (χ1n) is 14.8. The summed E-state index contributed by atoms with van der Waals surface area (Å²) < 4.78 is 0. The summed E-state index contributed by atoms with van der Waals surface area (Å²) >= 11 is 1.55. The van der Waals surface area contributed by atoms with Gasteiger partial charge in [0, 0.05) is 53.9 Å². The highest BCUT2D eigenvalue weighted by Gasteiger charge is 2.30. The van der Waals surface area contributed by atoms with Gasteiger partial charge in [0.1, 0.15) is 5.82 Å². The minimum Gasteiger partial charge on any atom is -0.391 e. The van der Waals surface area contributed by atoms with Crippen molar-refractivity contribution < 1.29 is 19.5 Å². The molecule has 1 saturated carbocycles. The number of para-hydroxylation sites is 1. The number of hydrogen-bond acceptors (Lipinski definition) is 7. The molecule has 2 amide bonds. The summed E-state index contributed by atoms with van der Waals surface area (Å²) in [4.78, 5) is 49.9. The molecule has 1 saturated heterocycles. The molecule has 2 fully saturated rings. The van der Waals surface area contributed by atoms with Crippen LogP contribution < -0.4 is 15.1 Å². The minimum absolute atomic E-state index is 0.118. The molecule has 9 heteroatoms. The number of amides is 2. The predicted octanol–water partition coefficient (Wildman–Crippen LogP) is 5.82. The minimum atomic E-state index is -0.426. The number of β-amino-alcohol motifs (C(OH)–C–C–N with tert-alkyl or cyclic N) is 1. The fourth-order valence-corrected chi connectivity index (χ4v) is 7.13. The third-order valence-corrected chi connectivity index (χ3v) is 9.68.